The minimum Gasteiger partial charge on any atom is -0.461 e. The topological polar surface area (TPSA) is 67.6 Å². The van der Waals surface area contributed by atoms with Gasteiger partial charge in [-0.3, -0.25) is 0 Å². The fourth-order valence-electron chi connectivity index (χ4n) is 2.26. The first-order chi connectivity index (χ1) is 9.07. The number of likely N-dealkylation sites (N-methyl/N-ethyl adjacent to an activating group) is 1. The molecule has 0 aromatic carbocycles. The van der Waals surface area contributed by atoms with Crippen molar-refractivity contribution in [2.75, 3.05) is 32.6 Å². The maximum atomic E-state index is 11.5. The van der Waals surface area contributed by atoms with E-state index in [0.717, 1.165) is 6.54 Å². The zero-order valence-electron chi connectivity index (χ0n) is 11.7. The Kier molecular flexibility index (Phi) is 4.09. The van der Waals surface area contributed by atoms with E-state index in [1.54, 1.807) is 6.92 Å². The molecule has 2 rings (SSSR count). The predicted octanol–water partition coefficient (Wildman–Crippen LogP) is 1.75. The van der Waals surface area contributed by atoms with Gasteiger partial charge in [0.1, 0.15) is 6.26 Å². The molecule has 0 spiro atoms. The summed E-state index contributed by atoms with van der Waals surface area (Å²) < 4.78 is 10.1. The largest absolute Gasteiger partial charge is 0.461 e. The molecular formula is C13H21N3O3. The number of anilines is 1. The number of esters is 1. The van der Waals surface area contributed by atoms with Crippen LogP contribution in [0, 0.1) is 0 Å². The molecule has 1 aromatic rings. The quantitative estimate of drug-likeness (QED) is 0.792. The number of hydrogen-bond donors (Lipinski definition) is 1. The smallest absolute Gasteiger partial charge is 0.360 e. The summed E-state index contributed by atoms with van der Waals surface area (Å²) in [5, 5.41) is 3.16. The van der Waals surface area contributed by atoms with Gasteiger partial charge >= 0.3 is 5.97 Å². The Balaban J connectivity index is 1.91. The van der Waals surface area contributed by atoms with E-state index >= 15 is 0 Å². The Morgan fingerprint density at radius 1 is 1.58 bits per heavy atom. The van der Waals surface area contributed by atoms with Crippen LogP contribution in [-0.4, -0.2) is 48.6 Å². The van der Waals surface area contributed by atoms with Gasteiger partial charge in [-0.1, -0.05) is 0 Å². The predicted molar refractivity (Wildman–Crippen MR) is 71.2 cm³/mol. The summed E-state index contributed by atoms with van der Waals surface area (Å²) in [5.74, 6) is -0.453. The van der Waals surface area contributed by atoms with Gasteiger partial charge in [0.05, 0.1) is 6.61 Å². The Labute approximate surface area is 113 Å². The fourth-order valence-corrected chi connectivity index (χ4v) is 2.26. The molecule has 1 aliphatic rings. The Morgan fingerprint density at radius 3 is 2.84 bits per heavy atom. The molecule has 0 bridgehead atoms. The zero-order valence-corrected chi connectivity index (χ0v) is 11.7. The van der Waals surface area contributed by atoms with Gasteiger partial charge in [0.15, 0.2) is 5.69 Å². The third-order valence-corrected chi connectivity index (χ3v) is 3.79. The van der Waals surface area contributed by atoms with Crippen LogP contribution in [0.25, 0.3) is 0 Å². The molecule has 1 N–H and O–H groups in total. The molecule has 1 aliphatic carbocycles. The summed E-state index contributed by atoms with van der Waals surface area (Å²) in [6.45, 7) is 2.86. The summed E-state index contributed by atoms with van der Waals surface area (Å²) in [6, 6.07) is 0.371. The van der Waals surface area contributed by atoms with E-state index in [-0.39, 0.29) is 11.2 Å². The van der Waals surface area contributed by atoms with Gasteiger partial charge in [0.2, 0.25) is 0 Å². The van der Waals surface area contributed by atoms with Crippen LogP contribution in [0.3, 0.4) is 0 Å². The SMILES string of the molecule is CCOC(=O)c1coc(NCC2(N(C)C)CCC2)n1. The summed E-state index contributed by atoms with van der Waals surface area (Å²) in [4.78, 5) is 17.8. The number of hydrogen-bond acceptors (Lipinski definition) is 6. The molecule has 1 heterocycles. The monoisotopic (exact) mass is 267 g/mol. The summed E-state index contributed by atoms with van der Waals surface area (Å²) >= 11 is 0. The Bertz CT molecular complexity index is 438. The lowest BCUT2D eigenvalue weighted by Gasteiger charge is -2.47. The molecular weight excluding hydrogens is 246 g/mol. The third-order valence-electron chi connectivity index (χ3n) is 3.79. The summed E-state index contributed by atoms with van der Waals surface area (Å²) in [6.07, 6.45) is 4.90. The highest BCUT2D eigenvalue weighted by Crippen LogP contribution is 2.36. The lowest BCUT2D eigenvalue weighted by Crippen LogP contribution is -2.54. The standard InChI is InChI=1S/C13H21N3O3/c1-4-18-11(17)10-8-19-12(15-10)14-9-13(16(2)3)6-5-7-13/h8H,4-7,9H2,1-3H3,(H,14,15). The number of carbonyl (C=O) groups excluding carboxylic acids is 1. The second kappa shape index (κ2) is 5.61. The molecule has 6 nitrogen and oxygen atoms in total. The average Bonchev–Trinajstić information content (AvgIpc) is 2.76. The second-order valence-electron chi connectivity index (χ2n) is 5.08. The van der Waals surface area contributed by atoms with Crippen molar-refractivity contribution < 1.29 is 13.9 Å². The van der Waals surface area contributed by atoms with E-state index in [1.807, 2.05) is 0 Å². The number of ether oxygens (including phenoxy) is 1. The molecule has 106 valence electrons. The van der Waals surface area contributed by atoms with E-state index in [4.69, 9.17) is 9.15 Å². The summed E-state index contributed by atoms with van der Waals surface area (Å²) in [7, 11) is 4.17. The third kappa shape index (κ3) is 2.89. The molecule has 1 saturated carbocycles. The van der Waals surface area contributed by atoms with Gasteiger partial charge < -0.3 is 19.4 Å². The molecule has 0 atom stereocenters. The number of aromatic nitrogens is 1. The number of nitrogens with zero attached hydrogens (tertiary/aromatic N) is 2. The molecule has 6 heteroatoms. The van der Waals surface area contributed by atoms with Gasteiger partial charge in [-0.15, -0.1) is 0 Å². The molecule has 0 amide bonds. The van der Waals surface area contributed by atoms with Crippen molar-refractivity contribution in [3.8, 4) is 0 Å². The van der Waals surface area contributed by atoms with Crippen LogP contribution < -0.4 is 5.32 Å². The Morgan fingerprint density at radius 2 is 2.32 bits per heavy atom. The minimum absolute atomic E-state index is 0.179. The molecule has 0 saturated heterocycles. The minimum atomic E-state index is -0.453. The van der Waals surface area contributed by atoms with Crippen LogP contribution >= 0.6 is 0 Å². The molecule has 0 unspecified atom stereocenters. The number of nitrogens with one attached hydrogen (secondary N) is 1. The second-order valence-corrected chi connectivity index (χ2v) is 5.08. The van der Waals surface area contributed by atoms with E-state index in [9.17, 15) is 4.79 Å². The number of oxazole rings is 1. The summed E-state index contributed by atoms with van der Waals surface area (Å²) in [5.41, 5.74) is 0.385. The van der Waals surface area contributed by atoms with Gasteiger partial charge in [0, 0.05) is 12.1 Å². The van der Waals surface area contributed by atoms with Crippen molar-refractivity contribution in [2.24, 2.45) is 0 Å². The van der Waals surface area contributed by atoms with E-state index in [1.165, 1.54) is 25.5 Å². The van der Waals surface area contributed by atoms with Crippen LogP contribution in [0.15, 0.2) is 10.7 Å². The maximum Gasteiger partial charge on any atom is 0.360 e. The lowest BCUT2D eigenvalue weighted by molar-refractivity contribution is 0.0519. The van der Waals surface area contributed by atoms with Crippen molar-refractivity contribution in [3.63, 3.8) is 0 Å². The lowest BCUT2D eigenvalue weighted by atomic mass is 9.75. The first-order valence-electron chi connectivity index (χ1n) is 6.61. The van der Waals surface area contributed by atoms with Gasteiger partial charge in [-0.25, -0.2) is 4.79 Å². The molecule has 1 aromatic heterocycles. The number of rotatable bonds is 6. The van der Waals surface area contributed by atoms with Crippen molar-refractivity contribution in [1.82, 2.24) is 9.88 Å². The number of carbonyl (C=O) groups is 1. The van der Waals surface area contributed by atoms with Crippen LogP contribution in [0.2, 0.25) is 0 Å². The first-order valence-corrected chi connectivity index (χ1v) is 6.61. The van der Waals surface area contributed by atoms with Crippen molar-refractivity contribution in [3.05, 3.63) is 12.0 Å². The first kappa shape index (κ1) is 13.9. The molecule has 0 radical (unpaired) electrons. The molecule has 0 aliphatic heterocycles. The fraction of sp³-hybridized carbons (Fsp3) is 0.692. The molecule has 19 heavy (non-hydrogen) atoms. The van der Waals surface area contributed by atoms with Crippen LogP contribution in [0.4, 0.5) is 6.01 Å². The van der Waals surface area contributed by atoms with E-state index in [2.05, 4.69) is 29.3 Å². The van der Waals surface area contributed by atoms with Crippen LogP contribution in [-0.2, 0) is 4.74 Å². The van der Waals surface area contributed by atoms with E-state index in [0.29, 0.717) is 12.6 Å². The van der Waals surface area contributed by atoms with Crippen LogP contribution in [0.1, 0.15) is 36.7 Å². The normalized spacial score (nSPS) is 17.1. The zero-order chi connectivity index (χ0) is 13.9. The maximum absolute atomic E-state index is 11.5. The van der Waals surface area contributed by atoms with Gasteiger partial charge in [-0.05, 0) is 40.3 Å². The highest BCUT2D eigenvalue weighted by molar-refractivity contribution is 5.87. The van der Waals surface area contributed by atoms with Crippen molar-refractivity contribution in [2.45, 2.75) is 31.7 Å². The van der Waals surface area contributed by atoms with E-state index < -0.39 is 5.97 Å². The van der Waals surface area contributed by atoms with Crippen molar-refractivity contribution in [1.29, 1.82) is 0 Å². The van der Waals surface area contributed by atoms with Crippen LogP contribution in [0.5, 0.6) is 0 Å². The van der Waals surface area contributed by atoms with Gasteiger partial charge in [0.25, 0.3) is 6.01 Å². The molecule has 1 fully saturated rings. The highest BCUT2D eigenvalue weighted by Gasteiger charge is 2.39. The van der Waals surface area contributed by atoms with Gasteiger partial charge in [-0.2, -0.15) is 4.98 Å². The Hall–Kier alpha value is -1.56. The highest BCUT2D eigenvalue weighted by atomic mass is 16.5. The van der Waals surface area contributed by atoms with Crippen molar-refractivity contribution >= 4 is 12.0 Å². The average molecular weight is 267 g/mol.